The molecule has 1 aromatic rings. The van der Waals surface area contributed by atoms with Gasteiger partial charge in [-0.1, -0.05) is 24.3 Å². The van der Waals surface area contributed by atoms with Gasteiger partial charge in [-0.3, -0.25) is 4.90 Å². The van der Waals surface area contributed by atoms with Crippen LogP contribution in [0.15, 0.2) is 24.3 Å². The number of rotatable bonds is 2. The van der Waals surface area contributed by atoms with Gasteiger partial charge in [0.2, 0.25) is 0 Å². The molecule has 0 aliphatic carbocycles. The number of nitrogens with zero attached hydrogens (tertiary/aromatic N) is 1. The van der Waals surface area contributed by atoms with Crippen LogP contribution in [0.4, 0.5) is 0 Å². The normalized spacial score (nSPS) is 31.9. The van der Waals surface area contributed by atoms with Gasteiger partial charge in [0.1, 0.15) is 0 Å². The molecule has 2 bridgehead atoms. The van der Waals surface area contributed by atoms with E-state index >= 15 is 0 Å². The molecule has 17 heavy (non-hydrogen) atoms. The number of benzene rings is 1. The highest BCUT2D eigenvalue weighted by atomic mass is 16.5. The number of hydrogen-bond donors (Lipinski definition) is 0. The molecule has 92 valence electrons. The summed E-state index contributed by atoms with van der Waals surface area (Å²) < 4.78 is 5.72. The summed E-state index contributed by atoms with van der Waals surface area (Å²) >= 11 is 0. The molecule has 0 N–H and O–H groups in total. The average Bonchev–Trinajstić information content (AvgIpc) is 2.59. The second-order valence-corrected chi connectivity index (χ2v) is 5.48. The fraction of sp³-hybridized carbons (Fsp3) is 0.600. The Morgan fingerprint density at radius 1 is 1.18 bits per heavy atom. The Morgan fingerprint density at radius 2 is 1.88 bits per heavy atom. The minimum atomic E-state index is 0.359. The second kappa shape index (κ2) is 4.11. The highest BCUT2D eigenvalue weighted by molar-refractivity contribution is 5.40. The quantitative estimate of drug-likeness (QED) is 0.774. The Hall–Kier alpha value is -0.860. The van der Waals surface area contributed by atoms with E-state index in [9.17, 15) is 0 Å². The lowest BCUT2D eigenvalue weighted by atomic mass is 9.96. The molecule has 2 aliphatic heterocycles. The highest BCUT2D eigenvalue weighted by Crippen LogP contribution is 2.52. The van der Waals surface area contributed by atoms with E-state index < -0.39 is 0 Å². The van der Waals surface area contributed by atoms with Crippen LogP contribution < -0.4 is 0 Å². The molecule has 0 aromatic heterocycles. The van der Waals surface area contributed by atoms with E-state index in [1.165, 1.54) is 24.0 Å². The monoisotopic (exact) mass is 231 g/mol. The molecular formula is C15H21NO. The van der Waals surface area contributed by atoms with Gasteiger partial charge in [0, 0.05) is 19.2 Å². The first kappa shape index (κ1) is 11.2. The van der Waals surface area contributed by atoms with Gasteiger partial charge >= 0.3 is 0 Å². The lowest BCUT2D eigenvalue weighted by molar-refractivity contribution is -0.0466. The van der Waals surface area contributed by atoms with Crippen molar-refractivity contribution in [1.82, 2.24) is 4.90 Å². The summed E-state index contributed by atoms with van der Waals surface area (Å²) in [4.78, 5) is 2.64. The van der Waals surface area contributed by atoms with Crippen molar-refractivity contribution in [3.05, 3.63) is 35.4 Å². The van der Waals surface area contributed by atoms with Gasteiger partial charge in [-0.25, -0.2) is 0 Å². The van der Waals surface area contributed by atoms with Gasteiger partial charge in [0.05, 0.1) is 12.1 Å². The van der Waals surface area contributed by atoms with Crippen molar-refractivity contribution in [2.24, 2.45) is 0 Å². The predicted molar refractivity (Wildman–Crippen MR) is 68.9 cm³/mol. The molecule has 0 unspecified atom stereocenters. The number of methoxy groups -OCH3 is 1. The Kier molecular flexibility index (Phi) is 2.72. The summed E-state index contributed by atoms with van der Waals surface area (Å²) in [6.45, 7) is 4.59. The van der Waals surface area contributed by atoms with Gasteiger partial charge in [-0.05, 0) is 37.8 Å². The van der Waals surface area contributed by atoms with Crippen molar-refractivity contribution < 1.29 is 4.74 Å². The van der Waals surface area contributed by atoms with Crippen LogP contribution in [-0.2, 0) is 4.74 Å². The zero-order chi connectivity index (χ0) is 12.0. The maximum atomic E-state index is 5.72. The molecule has 0 amide bonds. The van der Waals surface area contributed by atoms with E-state index in [4.69, 9.17) is 4.74 Å². The van der Waals surface area contributed by atoms with E-state index in [0.29, 0.717) is 24.2 Å². The predicted octanol–water partition coefficient (Wildman–Crippen LogP) is 3.30. The minimum absolute atomic E-state index is 0.359. The van der Waals surface area contributed by atoms with Crippen LogP contribution in [0.5, 0.6) is 0 Å². The maximum absolute atomic E-state index is 5.72. The number of piperidine rings is 1. The van der Waals surface area contributed by atoms with E-state index in [1.807, 2.05) is 7.11 Å². The lowest BCUT2D eigenvalue weighted by Gasteiger charge is -2.42. The third-order valence-corrected chi connectivity index (χ3v) is 4.33. The second-order valence-electron chi connectivity index (χ2n) is 5.48. The standard InChI is InChI=1S/C15H21NO/c1-10(2)16-13-8-9-14(17-3)15(16)12-7-5-4-6-11(12)13/h4-7,10,13-15H,8-9H2,1-3H3/t13-,14+,15-/m0/s1. The van der Waals surface area contributed by atoms with Crippen LogP contribution in [0, 0.1) is 0 Å². The first-order chi connectivity index (χ1) is 8.24. The van der Waals surface area contributed by atoms with Crippen LogP contribution in [0.3, 0.4) is 0 Å². The van der Waals surface area contributed by atoms with Crippen LogP contribution in [0.25, 0.3) is 0 Å². The molecule has 2 nitrogen and oxygen atoms in total. The Morgan fingerprint density at radius 3 is 2.53 bits per heavy atom. The van der Waals surface area contributed by atoms with E-state index in [1.54, 1.807) is 0 Å². The van der Waals surface area contributed by atoms with Gasteiger partial charge in [-0.2, -0.15) is 0 Å². The molecule has 0 saturated carbocycles. The first-order valence-electron chi connectivity index (χ1n) is 6.63. The molecule has 1 aromatic carbocycles. The third kappa shape index (κ3) is 1.54. The third-order valence-electron chi connectivity index (χ3n) is 4.33. The van der Waals surface area contributed by atoms with Crippen LogP contribution in [0.1, 0.15) is 49.9 Å². The maximum Gasteiger partial charge on any atom is 0.0769 e. The Labute approximate surface area is 104 Å². The van der Waals surface area contributed by atoms with Crippen LogP contribution in [0.2, 0.25) is 0 Å². The Balaban J connectivity index is 2.09. The van der Waals surface area contributed by atoms with Gasteiger partial charge in [0.25, 0.3) is 0 Å². The molecule has 0 radical (unpaired) electrons. The first-order valence-corrected chi connectivity index (χ1v) is 6.63. The smallest absolute Gasteiger partial charge is 0.0769 e. The number of fused-ring (bicyclic) bond motifs is 5. The summed E-state index contributed by atoms with van der Waals surface area (Å²) in [5.41, 5.74) is 3.03. The van der Waals surface area contributed by atoms with Gasteiger partial charge < -0.3 is 4.74 Å². The van der Waals surface area contributed by atoms with Crippen molar-refractivity contribution in [3.63, 3.8) is 0 Å². The summed E-state index contributed by atoms with van der Waals surface area (Å²) in [5, 5.41) is 0. The molecule has 0 spiro atoms. The van der Waals surface area contributed by atoms with E-state index in [2.05, 4.69) is 43.0 Å². The van der Waals surface area contributed by atoms with Gasteiger partial charge in [0.15, 0.2) is 0 Å². The number of hydrogen-bond acceptors (Lipinski definition) is 2. The minimum Gasteiger partial charge on any atom is -0.379 e. The lowest BCUT2D eigenvalue weighted by Crippen LogP contribution is -2.42. The molecule has 3 atom stereocenters. The van der Waals surface area contributed by atoms with E-state index in [0.717, 1.165) is 0 Å². The fourth-order valence-electron chi connectivity index (χ4n) is 3.70. The van der Waals surface area contributed by atoms with Crippen molar-refractivity contribution in [3.8, 4) is 0 Å². The Bertz CT molecular complexity index is 415. The zero-order valence-corrected chi connectivity index (χ0v) is 10.9. The van der Waals surface area contributed by atoms with Crippen molar-refractivity contribution >= 4 is 0 Å². The molecule has 2 heterocycles. The summed E-state index contributed by atoms with van der Waals surface area (Å²) in [6.07, 6.45) is 2.77. The van der Waals surface area contributed by atoms with Gasteiger partial charge in [-0.15, -0.1) is 0 Å². The molecule has 1 saturated heterocycles. The molecular weight excluding hydrogens is 210 g/mol. The topological polar surface area (TPSA) is 12.5 Å². The SMILES string of the molecule is CO[C@@H]1CC[C@H]2c3ccccc3[C@@H]1N2C(C)C. The van der Waals surface area contributed by atoms with Crippen molar-refractivity contribution in [2.45, 2.75) is 50.9 Å². The highest BCUT2D eigenvalue weighted by Gasteiger charge is 2.46. The average molecular weight is 231 g/mol. The largest absolute Gasteiger partial charge is 0.379 e. The summed E-state index contributed by atoms with van der Waals surface area (Å²) in [5.74, 6) is 0. The summed E-state index contributed by atoms with van der Waals surface area (Å²) in [6, 6.07) is 10.6. The van der Waals surface area contributed by atoms with E-state index in [-0.39, 0.29) is 0 Å². The molecule has 1 fully saturated rings. The molecule has 3 rings (SSSR count). The van der Waals surface area contributed by atoms with Crippen molar-refractivity contribution in [1.29, 1.82) is 0 Å². The molecule has 2 aliphatic rings. The van der Waals surface area contributed by atoms with Crippen LogP contribution >= 0.6 is 0 Å². The van der Waals surface area contributed by atoms with Crippen LogP contribution in [-0.4, -0.2) is 24.2 Å². The number of ether oxygens (including phenoxy) is 1. The van der Waals surface area contributed by atoms with Crippen molar-refractivity contribution in [2.75, 3.05) is 7.11 Å². The zero-order valence-electron chi connectivity index (χ0n) is 10.9. The fourth-order valence-corrected chi connectivity index (χ4v) is 3.70. The summed E-state index contributed by atoms with van der Waals surface area (Å²) in [7, 11) is 1.85. The molecule has 2 heteroatoms.